The van der Waals surface area contributed by atoms with E-state index in [-0.39, 0.29) is 0 Å². The smallest absolute Gasteiger partial charge is 0.191 e. The summed E-state index contributed by atoms with van der Waals surface area (Å²) in [6.45, 7) is 14.6. The first-order valence-electron chi connectivity index (χ1n) is 6.69. The van der Waals surface area contributed by atoms with Gasteiger partial charge in [0.05, 0.1) is 0 Å². The Kier molecular flexibility index (Phi) is 8.86. The quantitative estimate of drug-likeness (QED) is 0.525. The van der Waals surface area contributed by atoms with E-state index in [9.17, 15) is 0 Å². The maximum absolute atomic E-state index is 4.53. The standard InChI is InChI=1S/C13H30N4/c1-7-14-13(16-10-11(2)3)15-8-9-17(6)12(4)5/h11-12H,7-10H2,1-6H3,(H2,14,15,16). The van der Waals surface area contributed by atoms with E-state index >= 15 is 0 Å². The molecule has 0 aliphatic rings. The first-order valence-corrected chi connectivity index (χ1v) is 6.69. The molecule has 0 bridgehead atoms. The van der Waals surface area contributed by atoms with Crippen molar-refractivity contribution in [2.75, 3.05) is 33.2 Å². The van der Waals surface area contributed by atoms with E-state index in [1.807, 2.05) is 0 Å². The van der Waals surface area contributed by atoms with E-state index in [1.165, 1.54) is 0 Å². The Balaban J connectivity index is 3.96. The number of likely N-dealkylation sites (N-methyl/N-ethyl adjacent to an activating group) is 1. The fourth-order valence-electron chi connectivity index (χ4n) is 1.22. The molecule has 4 heteroatoms. The largest absolute Gasteiger partial charge is 0.357 e. The number of guanidine groups is 1. The van der Waals surface area contributed by atoms with Gasteiger partial charge in [0, 0.05) is 32.2 Å². The van der Waals surface area contributed by atoms with Crippen molar-refractivity contribution in [2.45, 2.75) is 40.7 Å². The number of nitrogens with zero attached hydrogens (tertiary/aromatic N) is 2. The first-order chi connectivity index (χ1) is 7.97. The van der Waals surface area contributed by atoms with Crippen LogP contribution in [0.1, 0.15) is 34.6 Å². The van der Waals surface area contributed by atoms with Gasteiger partial charge in [-0.05, 0) is 33.7 Å². The Morgan fingerprint density at radius 1 is 1.18 bits per heavy atom. The van der Waals surface area contributed by atoms with Gasteiger partial charge in [-0.2, -0.15) is 0 Å². The van der Waals surface area contributed by atoms with Crippen LogP contribution in [-0.2, 0) is 0 Å². The second-order valence-electron chi connectivity index (χ2n) is 5.11. The number of rotatable bonds is 7. The third-order valence-electron chi connectivity index (χ3n) is 2.60. The molecule has 2 N–H and O–H groups in total. The van der Waals surface area contributed by atoms with Gasteiger partial charge in [-0.3, -0.25) is 4.99 Å². The lowest BCUT2D eigenvalue weighted by molar-refractivity contribution is 0.278. The summed E-state index contributed by atoms with van der Waals surface area (Å²) in [6, 6.07) is 0.590. The minimum atomic E-state index is 0.590. The fourth-order valence-corrected chi connectivity index (χ4v) is 1.22. The minimum Gasteiger partial charge on any atom is -0.357 e. The highest BCUT2D eigenvalue weighted by atomic mass is 15.2. The number of hydrogen-bond donors (Lipinski definition) is 2. The third kappa shape index (κ3) is 8.98. The molecule has 0 aromatic rings. The molecular formula is C13H30N4. The first kappa shape index (κ1) is 16.2. The molecule has 0 spiro atoms. The van der Waals surface area contributed by atoms with E-state index in [0.717, 1.165) is 32.1 Å². The van der Waals surface area contributed by atoms with Crippen LogP contribution in [0.5, 0.6) is 0 Å². The maximum Gasteiger partial charge on any atom is 0.191 e. The van der Waals surface area contributed by atoms with Crippen LogP contribution < -0.4 is 10.6 Å². The summed E-state index contributed by atoms with van der Waals surface area (Å²) in [4.78, 5) is 6.85. The zero-order chi connectivity index (χ0) is 13.3. The van der Waals surface area contributed by atoms with E-state index in [2.05, 4.69) is 62.2 Å². The lowest BCUT2D eigenvalue weighted by Gasteiger charge is -2.21. The Morgan fingerprint density at radius 3 is 2.29 bits per heavy atom. The molecule has 0 aromatic carbocycles. The summed E-state index contributed by atoms with van der Waals surface area (Å²) in [6.07, 6.45) is 0. The molecule has 17 heavy (non-hydrogen) atoms. The Labute approximate surface area is 107 Å². The zero-order valence-corrected chi connectivity index (χ0v) is 12.4. The van der Waals surface area contributed by atoms with Gasteiger partial charge in [0.15, 0.2) is 5.96 Å². The van der Waals surface area contributed by atoms with Crippen LogP contribution in [0.3, 0.4) is 0 Å². The zero-order valence-electron chi connectivity index (χ0n) is 12.4. The fraction of sp³-hybridized carbons (Fsp3) is 0.923. The van der Waals surface area contributed by atoms with Gasteiger partial charge in [0.1, 0.15) is 0 Å². The molecule has 102 valence electrons. The van der Waals surface area contributed by atoms with E-state index < -0.39 is 0 Å². The van der Waals surface area contributed by atoms with Gasteiger partial charge >= 0.3 is 0 Å². The van der Waals surface area contributed by atoms with Crippen molar-refractivity contribution in [1.82, 2.24) is 15.5 Å². The average Bonchev–Trinajstić information content (AvgIpc) is 2.25. The summed E-state index contributed by atoms with van der Waals surface area (Å²) >= 11 is 0. The highest BCUT2D eigenvalue weighted by Gasteiger charge is 2.03. The van der Waals surface area contributed by atoms with Crippen molar-refractivity contribution in [1.29, 1.82) is 0 Å². The monoisotopic (exact) mass is 242 g/mol. The summed E-state index contributed by atoms with van der Waals surface area (Å²) in [7, 11) is 2.14. The van der Waals surface area contributed by atoms with E-state index in [0.29, 0.717) is 12.0 Å². The summed E-state index contributed by atoms with van der Waals surface area (Å²) in [5.74, 6) is 1.53. The predicted molar refractivity (Wildman–Crippen MR) is 76.6 cm³/mol. The Hall–Kier alpha value is -0.770. The normalized spacial score (nSPS) is 12.6. The molecule has 0 aliphatic heterocycles. The Bertz CT molecular complexity index is 211. The van der Waals surface area contributed by atoms with Gasteiger partial charge in [-0.15, -0.1) is 0 Å². The highest BCUT2D eigenvalue weighted by molar-refractivity contribution is 5.79. The van der Waals surface area contributed by atoms with Crippen LogP contribution in [0.15, 0.2) is 4.99 Å². The summed E-state index contributed by atoms with van der Waals surface area (Å²) < 4.78 is 0. The molecule has 0 fully saturated rings. The lowest BCUT2D eigenvalue weighted by Crippen LogP contribution is -2.42. The van der Waals surface area contributed by atoms with Crippen LogP contribution >= 0.6 is 0 Å². The summed E-state index contributed by atoms with van der Waals surface area (Å²) in [5.41, 5.74) is 0. The molecule has 4 nitrogen and oxygen atoms in total. The van der Waals surface area contributed by atoms with Crippen LogP contribution in [0, 0.1) is 5.92 Å². The maximum atomic E-state index is 4.53. The van der Waals surface area contributed by atoms with Gasteiger partial charge in [-0.1, -0.05) is 13.8 Å². The van der Waals surface area contributed by atoms with E-state index in [1.54, 1.807) is 0 Å². The number of hydrogen-bond acceptors (Lipinski definition) is 2. The molecule has 0 amide bonds. The molecule has 0 aliphatic carbocycles. The number of nitrogens with one attached hydrogen (secondary N) is 2. The van der Waals surface area contributed by atoms with Gasteiger partial charge in [-0.25, -0.2) is 0 Å². The number of aliphatic imine (C=N–C) groups is 1. The van der Waals surface area contributed by atoms with Crippen LogP contribution in [0.25, 0.3) is 0 Å². The van der Waals surface area contributed by atoms with Crippen LogP contribution in [-0.4, -0.2) is 50.1 Å². The average molecular weight is 242 g/mol. The SMILES string of the molecule is CCNC(=NCC(C)C)NCCN(C)C(C)C. The van der Waals surface area contributed by atoms with Crippen LogP contribution in [0.4, 0.5) is 0 Å². The molecule has 0 saturated heterocycles. The highest BCUT2D eigenvalue weighted by Crippen LogP contribution is 1.92. The lowest BCUT2D eigenvalue weighted by atomic mass is 10.2. The molecule has 0 aromatic heterocycles. The molecule has 0 heterocycles. The molecule has 0 unspecified atom stereocenters. The van der Waals surface area contributed by atoms with Crippen molar-refractivity contribution >= 4 is 5.96 Å². The van der Waals surface area contributed by atoms with Crippen LogP contribution in [0.2, 0.25) is 0 Å². The third-order valence-corrected chi connectivity index (χ3v) is 2.60. The van der Waals surface area contributed by atoms with Gasteiger partial charge in [0.25, 0.3) is 0 Å². The van der Waals surface area contributed by atoms with Crippen molar-refractivity contribution in [2.24, 2.45) is 10.9 Å². The van der Waals surface area contributed by atoms with Crippen molar-refractivity contribution < 1.29 is 0 Å². The topological polar surface area (TPSA) is 39.7 Å². The van der Waals surface area contributed by atoms with E-state index in [4.69, 9.17) is 0 Å². The second kappa shape index (κ2) is 9.28. The van der Waals surface area contributed by atoms with Crippen molar-refractivity contribution in [3.8, 4) is 0 Å². The van der Waals surface area contributed by atoms with Gasteiger partial charge in [0.2, 0.25) is 0 Å². The molecule has 0 rings (SSSR count). The molecule has 0 radical (unpaired) electrons. The summed E-state index contributed by atoms with van der Waals surface area (Å²) in [5, 5.41) is 6.62. The predicted octanol–water partition coefficient (Wildman–Crippen LogP) is 1.54. The molecular weight excluding hydrogens is 212 g/mol. The Morgan fingerprint density at radius 2 is 1.82 bits per heavy atom. The van der Waals surface area contributed by atoms with Gasteiger partial charge < -0.3 is 15.5 Å². The van der Waals surface area contributed by atoms with Crippen molar-refractivity contribution in [3.05, 3.63) is 0 Å². The van der Waals surface area contributed by atoms with Crippen molar-refractivity contribution in [3.63, 3.8) is 0 Å². The second-order valence-corrected chi connectivity index (χ2v) is 5.11. The molecule has 0 saturated carbocycles. The molecule has 0 atom stereocenters. The minimum absolute atomic E-state index is 0.590.